The third kappa shape index (κ3) is 3.49. The van der Waals surface area contributed by atoms with E-state index in [0.29, 0.717) is 0 Å². The molecule has 0 bridgehead atoms. The van der Waals surface area contributed by atoms with Gasteiger partial charge in [-0.25, -0.2) is 4.98 Å². The van der Waals surface area contributed by atoms with Gasteiger partial charge >= 0.3 is 0 Å². The van der Waals surface area contributed by atoms with E-state index in [9.17, 15) is 4.79 Å². The fourth-order valence-corrected chi connectivity index (χ4v) is 3.72. The van der Waals surface area contributed by atoms with Crippen LogP contribution in [-0.4, -0.2) is 14.5 Å². The van der Waals surface area contributed by atoms with E-state index >= 15 is 0 Å². The highest BCUT2D eigenvalue weighted by atomic mass is 32.1. The number of thiophene rings is 1. The van der Waals surface area contributed by atoms with Gasteiger partial charge in [0, 0.05) is 52.6 Å². The summed E-state index contributed by atoms with van der Waals surface area (Å²) in [7, 11) is 2.00. The standard InChI is InChI=1S/C18H22N4OS/c1-4-13-9-15(12(2)21-18(13)23)16-6-5-14(24-16)10-19-11-17-20-7-8-22(17)3/h5-9,19H,4,10-11H2,1-3H3,(H,21,23). The molecule has 0 aliphatic rings. The number of nitrogens with zero attached hydrogens (tertiary/aromatic N) is 2. The first kappa shape index (κ1) is 16.7. The van der Waals surface area contributed by atoms with Crippen LogP contribution in [0.2, 0.25) is 0 Å². The SMILES string of the molecule is CCc1cc(-c2ccc(CNCc3nccn3C)s2)c(C)[nH]c1=O. The molecule has 6 heteroatoms. The third-order valence-electron chi connectivity index (χ3n) is 4.13. The van der Waals surface area contributed by atoms with E-state index < -0.39 is 0 Å². The van der Waals surface area contributed by atoms with E-state index in [1.165, 1.54) is 9.75 Å². The molecule has 0 amide bonds. The van der Waals surface area contributed by atoms with Crippen molar-refractivity contribution in [2.45, 2.75) is 33.4 Å². The van der Waals surface area contributed by atoms with Crippen LogP contribution < -0.4 is 10.9 Å². The average molecular weight is 342 g/mol. The molecule has 5 nitrogen and oxygen atoms in total. The predicted octanol–water partition coefficient (Wildman–Crippen LogP) is 3.00. The van der Waals surface area contributed by atoms with Crippen molar-refractivity contribution in [3.05, 3.63) is 62.9 Å². The van der Waals surface area contributed by atoms with Crippen molar-refractivity contribution in [2.75, 3.05) is 0 Å². The minimum Gasteiger partial charge on any atom is -0.337 e. The van der Waals surface area contributed by atoms with E-state index in [1.54, 1.807) is 11.3 Å². The minimum absolute atomic E-state index is 0.0206. The Morgan fingerprint density at radius 1 is 1.33 bits per heavy atom. The molecule has 0 aliphatic carbocycles. The van der Waals surface area contributed by atoms with Crippen LogP contribution in [0.15, 0.2) is 35.4 Å². The fourth-order valence-electron chi connectivity index (χ4n) is 2.67. The number of rotatable bonds is 6. The quantitative estimate of drug-likeness (QED) is 0.724. The van der Waals surface area contributed by atoms with Crippen LogP contribution in [0.4, 0.5) is 0 Å². The molecular formula is C18H22N4OS. The summed E-state index contributed by atoms with van der Waals surface area (Å²) in [5, 5.41) is 3.43. The lowest BCUT2D eigenvalue weighted by atomic mass is 10.1. The zero-order valence-corrected chi connectivity index (χ0v) is 15.0. The summed E-state index contributed by atoms with van der Waals surface area (Å²) >= 11 is 1.75. The summed E-state index contributed by atoms with van der Waals surface area (Å²) in [5.41, 5.74) is 2.89. The van der Waals surface area contributed by atoms with Crippen LogP contribution in [0.5, 0.6) is 0 Å². The second-order valence-electron chi connectivity index (χ2n) is 5.84. The Morgan fingerprint density at radius 2 is 2.17 bits per heavy atom. The molecule has 0 saturated heterocycles. The lowest BCUT2D eigenvalue weighted by Crippen LogP contribution is -2.14. The second-order valence-corrected chi connectivity index (χ2v) is 7.01. The van der Waals surface area contributed by atoms with Crippen molar-refractivity contribution in [3.63, 3.8) is 0 Å². The Labute approximate surface area is 145 Å². The summed E-state index contributed by atoms with van der Waals surface area (Å²) in [6.07, 6.45) is 4.50. The monoisotopic (exact) mass is 342 g/mol. The summed E-state index contributed by atoms with van der Waals surface area (Å²) in [6.45, 7) is 5.51. The molecule has 3 rings (SSSR count). The van der Waals surface area contributed by atoms with Crippen molar-refractivity contribution in [1.82, 2.24) is 19.9 Å². The molecule has 0 spiro atoms. The highest BCUT2D eigenvalue weighted by molar-refractivity contribution is 7.15. The Balaban J connectivity index is 1.71. The molecule has 2 N–H and O–H groups in total. The van der Waals surface area contributed by atoms with Crippen LogP contribution in [0.25, 0.3) is 10.4 Å². The number of pyridine rings is 1. The number of hydrogen-bond donors (Lipinski definition) is 2. The molecule has 126 valence electrons. The lowest BCUT2D eigenvalue weighted by Gasteiger charge is -2.06. The Kier molecular flexibility index (Phi) is 4.97. The minimum atomic E-state index is 0.0206. The van der Waals surface area contributed by atoms with Gasteiger partial charge in [0.2, 0.25) is 0 Å². The summed E-state index contributed by atoms with van der Waals surface area (Å²) in [6, 6.07) is 6.29. The molecule has 0 aromatic carbocycles. The summed E-state index contributed by atoms with van der Waals surface area (Å²) in [4.78, 5) is 21.6. The fraction of sp³-hybridized carbons (Fsp3) is 0.333. The lowest BCUT2D eigenvalue weighted by molar-refractivity contribution is 0.643. The van der Waals surface area contributed by atoms with E-state index in [1.807, 2.05) is 43.9 Å². The van der Waals surface area contributed by atoms with Gasteiger partial charge in [0.1, 0.15) is 5.82 Å². The molecule has 3 aromatic heterocycles. The number of imidazole rings is 1. The maximum atomic E-state index is 11.9. The first-order valence-corrected chi connectivity index (χ1v) is 8.89. The first-order valence-electron chi connectivity index (χ1n) is 8.07. The molecule has 24 heavy (non-hydrogen) atoms. The molecule has 0 radical (unpaired) electrons. The largest absolute Gasteiger partial charge is 0.337 e. The molecule has 0 unspecified atom stereocenters. The number of H-pyrrole nitrogens is 1. The zero-order valence-electron chi connectivity index (χ0n) is 14.2. The van der Waals surface area contributed by atoms with Gasteiger partial charge in [-0.3, -0.25) is 4.79 Å². The van der Waals surface area contributed by atoms with Crippen molar-refractivity contribution >= 4 is 11.3 Å². The van der Waals surface area contributed by atoms with E-state index in [2.05, 4.69) is 27.4 Å². The van der Waals surface area contributed by atoms with Crippen LogP contribution in [0.1, 0.15) is 28.9 Å². The van der Waals surface area contributed by atoms with E-state index in [-0.39, 0.29) is 5.56 Å². The molecule has 0 atom stereocenters. The normalized spacial score (nSPS) is 11.1. The van der Waals surface area contributed by atoms with Crippen molar-refractivity contribution in [1.29, 1.82) is 0 Å². The van der Waals surface area contributed by atoms with Gasteiger partial charge in [-0.2, -0.15) is 0 Å². The molecule has 0 fully saturated rings. The average Bonchev–Trinajstić information content (AvgIpc) is 3.17. The molecule has 0 aliphatic heterocycles. The van der Waals surface area contributed by atoms with Crippen molar-refractivity contribution in [3.8, 4) is 10.4 Å². The smallest absolute Gasteiger partial charge is 0.251 e. The highest BCUT2D eigenvalue weighted by Crippen LogP contribution is 2.30. The van der Waals surface area contributed by atoms with Crippen LogP contribution in [-0.2, 0) is 26.6 Å². The van der Waals surface area contributed by atoms with Gasteiger partial charge < -0.3 is 14.9 Å². The highest BCUT2D eigenvalue weighted by Gasteiger charge is 2.09. The van der Waals surface area contributed by atoms with E-state index in [4.69, 9.17) is 0 Å². The van der Waals surface area contributed by atoms with Crippen molar-refractivity contribution < 1.29 is 0 Å². The molecule has 3 aromatic rings. The third-order valence-corrected chi connectivity index (χ3v) is 5.25. The number of aryl methyl sites for hydroxylation is 3. The summed E-state index contributed by atoms with van der Waals surface area (Å²) in [5.74, 6) is 1.02. The maximum Gasteiger partial charge on any atom is 0.251 e. The topological polar surface area (TPSA) is 62.7 Å². The van der Waals surface area contributed by atoms with E-state index in [0.717, 1.165) is 42.2 Å². The van der Waals surface area contributed by atoms with Gasteiger partial charge in [0.05, 0.1) is 6.54 Å². The predicted molar refractivity (Wildman–Crippen MR) is 98.2 cm³/mol. The second kappa shape index (κ2) is 7.15. The number of nitrogens with one attached hydrogen (secondary N) is 2. The van der Waals surface area contributed by atoms with Gasteiger partial charge in [-0.05, 0) is 31.5 Å². The van der Waals surface area contributed by atoms with Crippen LogP contribution >= 0.6 is 11.3 Å². The Hall–Kier alpha value is -2.18. The summed E-state index contributed by atoms with van der Waals surface area (Å²) < 4.78 is 2.02. The van der Waals surface area contributed by atoms with Gasteiger partial charge in [0.15, 0.2) is 0 Å². The number of hydrogen-bond acceptors (Lipinski definition) is 4. The van der Waals surface area contributed by atoms with Gasteiger partial charge in [0.25, 0.3) is 5.56 Å². The zero-order chi connectivity index (χ0) is 17.1. The van der Waals surface area contributed by atoms with Crippen LogP contribution in [0.3, 0.4) is 0 Å². The van der Waals surface area contributed by atoms with Crippen LogP contribution in [0, 0.1) is 6.92 Å². The van der Waals surface area contributed by atoms with Crippen molar-refractivity contribution in [2.24, 2.45) is 7.05 Å². The maximum absolute atomic E-state index is 11.9. The van der Waals surface area contributed by atoms with Gasteiger partial charge in [-0.15, -0.1) is 11.3 Å². The number of aromatic amines is 1. The molecule has 0 saturated carbocycles. The molecular weight excluding hydrogens is 320 g/mol. The molecule has 3 heterocycles. The Bertz CT molecular complexity index is 891. The van der Waals surface area contributed by atoms with Gasteiger partial charge in [-0.1, -0.05) is 6.92 Å². The Morgan fingerprint density at radius 3 is 2.88 bits per heavy atom. The number of aromatic nitrogens is 3. The first-order chi connectivity index (χ1) is 11.6.